The van der Waals surface area contributed by atoms with Gasteiger partial charge >= 0.3 is 0 Å². The van der Waals surface area contributed by atoms with Crippen LogP contribution in [-0.2, 0) is 6.54 Å². The lowest BCUT2D eigenvalue weighted by atomic mass is 9.81. The summed E-state index contributed by atoms with van der Waals surface area (Å²) in [7, 11) is 1.48. The zero-order valence-electron chi connectivity index (χ0n) is 15.2. The quantitative estimate of drug-likeness (QED) is 0.813. The number of aromatic nitrogens is 1. The van der Waals surface area contributed by atoms with Crippen molar-refractivity contribution in [3.63, 3.8) is 0 Å². The number of nitrogens with one attached hydrogen (secondary N) is 1. The summed E-state index contributed by atoms with van der Waals surface area (Å²) in [6.45, 7) is 2.32. The van der Waals surface area contributed by atoms with Gasteiger partial charge in [-0.2, -0.15) is 0 Å². The Labute approximate surface area is 153 Å². The number of carbonyl (C=O) groups is 2. The number of carbonyl (C=O) groups excluding carboxylic acids is 2. The Bertz CT molecular complexity index is 894. The van der Waals surface area contributed by atoms with Gasteiger partial charge in [-0.05, 0) is 24.5 Å². The van der Waals surface area contributed by atoms with Crippen LogP contribution < -0.4 is 10.9 Å². The van der Waals surface area contributed by atoms with Crippen molar-refractivity contribution < 1.29 is 9.59 Å². The van der Waals surface area contributed by atoms with E-state index < -0.39 is 5.91 Å². The zero-order valence-corrected chi connectivity index (χ0v) is 15.2. The molecule has 0 aliphatic heterocycles. The molecular weight excluding hydrogens is 328 g/mol. The van der Waals surface area contributed by atoms with Gasteiger partial charge in [-0.15, -0.1) is 0 Å². The van der Waals surface area contributed by atoms with Crippen LogP contribution in [0.3, 0.4) is 0 Å². The van der Waals surface area contributed by atoms with E-state index in [9.17, 15) is 14.4 Å². The standard InChI is InChI=1S/C21H24N2O3/c1-14-5-3-8-16(9-14)12-23-13-17(19(24)10-15-6-4-7-15)11-18(21(23)26)20(25)22-2/h3,5,8-9,11,13,15H,4,6-7,10,12H2,1-2H3,(H,22,25). The Morgan fingerprint density at radius 1 is 1.23 bits per heavy atom. The molecule has 0 saturated heterocycles. The molecule has 136 valence electrons. The minimum absolute atomic E-state index is 0.00200. The molecule has 1 aliphatic carbocycles. The smallest absolute Gasteiger partial charge is 0.263 e. The first-order valence-electron chi connectivity index (χ1n) is 9.03. The fraction of sp³-hybridized carbons (Fsp3) is 0.381. The predicted molar refractivity (Wildman–Crippen MR) is 101 cm³/mol. The third-order valence-electron chi connectivity index (χ3n) is 5.01. The average Bonchev–Trinajstić information content (AvgIpc) is 2.59. The Balaban J connectivity index is 1.98. The predicted octanol–water partition coefficient (Wildman–Crippen LogP) is 2.94. The van der Waals surface area contributed by atoms with E-state index in [1.807, 2.05) is 31.2 Å². The van der Waals surface area contributed by atoms with E-state index in [0.29, 0.717) is 24.4 Å². The number of benzene rings is 1. The molecule has 0 radical (unpaired) electrons. The minimum atomic E-state index is -0.466. The molecule has 1 saturated carbocycles. The molecule has 1 fully saturated rings. The van der Waals surface area contributed by atoms with Gasteiger partial charge in [-0.1, -0.05) is 49.1 Å². The van der Waals surface area contributed by atoms with Crippen LogP contribution in [0.15, 0.2) is 41.3 Å². The second kappa shape index (κ2) is 7.68. The molecule has 0 atom stereocenters. The molecular formula is C21H24N2O3. The van der Waals surface area contributed by atoms with Gasteiger partial charge in [0.1, 0.15) is 5.56 Å². The molecule has 1 heterocycles. The molecule has 0 unspecified atom stereocenters. The van der Waals surface area contributed by atoms with E-state index >= 15 is 0 Å². The number of hydrogen-bond donors (Lipinski definition) is 1. The summed E-state index contributed by atoms with van der Waals surface area (Å²) in [6.07, 6.45) is 5.41. The van der Waals surface area contributed by atoms with Crippen molar-refractivity contribution in [1.82, 2.24) is 9.88 Å². The summed E-state index contributed by atoms with van der Waals surface area (Å²) in [5.41, 5.74) is 2.12. The van der Waals surface area contributed by atoms with Crippen molar-refractivity contribution in [2.45, 2.75) is 39.2 Å². The summed E-state index contributed by atoms with van der Waals surface area (Å²) in [5, 5.41) is 2.49. The number of rotatable bonds is 6. The largest absolute Gasteiger partial charge is 0.355 e. The van der Waals surface area contributed by atoms with Crippen molar-refractivity contribution in [1.29, 1.82) is 0 Å². The van der Waals surface area contributed by atoms with Crippen molar-refractivity contribution >= 4 is 11.7 Å². The van der Waals surface area contributed by atoms with Gasteiger partial charge in [0.2, 0.25) is 0 Å². The second-order valence-electron chi connectivity index (χ2n) is 7.07. The van der Waals surface area contributed by atoms with Gasteiger partial charge in [0, 0.05) is 25.2 Å². The zero-order chi connectivity index (χ0) is 18.7. The first-order chi connectivity index (χ1) is 12.5. The molecule has 5 nitrogen and oxygen atoms in total. The van der Waals surface area contributed by atoms with Crippen LogP contribution in [0.5, 0.6) is 0 Å². The number of nitrogens with zero attached hydrogens (tertiary/aromatic N) is 1. The Kier molecular flexibility index (Phi) is 5.35. The fourth-order valence-corrected chi connectivity index (χ4v) is 3.29. The SMILES string of the molecule is CNC(=O)c1cc(C(=O)CC2CCC2)cn(Cc2cccc(C)c2)c1=O. The van der Waals surface area contributed by atoms with E-state index in [0.717, 1.165) is 24.0 Å². The number of ketones is 1. The molecule has 3 rings (SSSR count). The monoisotopic (exact) mass is 352 g/mol. The fourth-order valence-electron chi connectivity index (χ4n) is 3.29. The Hall–Kier alpha value is -2.69. The van der Waals surface area contributed by atoms with Gasteiger partial charge in [0.25, 0.3) is 11.5 Å². The third-order valence-corrected chi connectivity index (χ3v) is 5.01. The van der Waals surface area contributed by atoms with Crippen LogP contribution in [0.1, 0.15) is 57.5 Å². The number of aryl methyl sites for hydroxylation is 1. The maximum Gasteiger partial charge on any atom is 0.263 e. The van der Waals surface area contributed by atoms with Crippen molar-refractivity contribution in [3.8, 4) is 0 Å². The number of hydrogen-bond acceptors (Lipinski definition) is 3. The molecule has 1 aromatic carbocycles. The third kappa shape index (κ3) is 3.93. The number of amides is 1. The lowest BCUT2D eigenvalue weighted by molar-refractivity contribution is 0.0935. The highest BCUT2D eigenvalue weighted by Gasteiger charge is 2.23. The van der Waals surface area contributed by atoms with Crippen LogP contribution in [0.2, 0.25) is 0 Å². The highest BCUT2D eigenvalue weighted by Crippen LogP contribution is 2.30. The summed E-state index contributed by atoms with van der Waals surface area (Å²) >= 11 is 0. The summed E-state index contributed by atoms with van der Waals surface area (Å²) in [4.78, 5) is 37.5. The van der Waals surface area contributed by atoms with Crippen molar-refractivity contribution in [2.75, 3.05) is 7.05 Å². The highest BCUT2D eigenvalue weighted by molar-refractivity contribution is 6.00. The van der Waals surface area contributed by atoms with E-state index in [1.54, 1.807) is 6.20 Å². The summed E-state index contributed by atoms with van der Waals surface area (Å²) in [6, 6.07) is 9.29. The molecule has 1 aromatic heterocycles. The second-order valence-corrected chi connectivity index (χ2v) is 7.07. The van der Waals surface area contributed by atoms with Crippen LogP contribution in [0.4, 0.5) is 0 Å². The Morgan fingerprint density at radius 2 is 2.00 bits per heavy atom. The van der Waals surface area contributed by atoms with E-state index in [-0.39, 0.29) is 16.9 Å². The highest BCUT2D eigenvalue weighted by atomic mass is 16.2. The van der Waals surface area contributed by atoms with Crippen LogP contribution >= 0.6 is 0 Å². The minimum Gasteiger partial charge on any atom is -0.355 e. The topological polar surface area (TPSA) is 68.2 Å². The van der Waals surface area contributed by atoms with Gasteiger partial charge in [-0.3, -0.25) is 14.4 Å². The van der Waals surface area contributed by atoms with Gasteiger partial charge in [-0.25, -0.2) is 0 Å². The summed E-state index contributed by atoms with van der Waals surface area (Å²) < 4.78 is 1.47. The first-order valence-corrected chi connectivity index (χ1v) is 9.03. The van der Waals surface area contributed by atoms with E-state index in [1.165, 1.54) is 24.1 Å². The lowest BCUT2D eigenvalue weighted by Crippen LogP contribution is -2.32. The van der Waals surface area contributed by atoms with E-state index in [2.05, 4.69) is 5.32 Å². The van der Waals surface area contributed by atoms with Gasteiger partial charge in [0.05, 0.1) is 6.54 Å². The Morgan fingerprint density at radius 3 is 2.62 bits per heavy atom. The molecule has 1 amide bonds. The number of pyridine rings is 1. The van der Waals surface area contributed by atoms with Crippen LogP contribution in [0.25, 0.3) is 0 Å². The molecule has 0 spiro atoms. The molecule has 26 heavy (non-hydrogen) atoms. The molecule has 1 aliphatic rings. The normalized spacial score (nSPS) is 13.9. The van der Waals surface area contributed by atoms with Crippen molar-refractivity contribution in [2.24, 2.45) is 5.92 Å². The first kappa shape index (κ1) is 18.1. The number of Topliss-reactive ketones (excluding diaryl/α,β-unsaturated/α-hetero) is 1. The molecule has 0 bridgehead atoms. The summed E-state index contributed by atoms with van der Waals surface area (Å²) in [5.74, 6) is -0.0350. The molecule has 2 aromatic rings. The van der Waals surface area contributed by atoms with Gasteiger partial charge in [0.15, 0.2) is 5.78 Å². The van der Waals surface area contributed by atoms with Gasteiger partial charge < -0.3 is 9.88 Å². The maximum absolute atomic E-state index is 12.7. The molecule has 1 N–H and O–H groups in total. The van der Waals surface area contributed by atoms with Crippen LogP contribution in [-0.4, -0.2) is 23.3 Å². The lowest BCUT2D eigenvalue weighted by Gasteiger charge is -2.24. The van der Waals surface area contributed by atoms with Crippen LogP contribution in [0, 0.1) is 12.8 Å². The van der Waals surface area contributed by atoms with E-state index in [4.69, 9.17) is 0 Å². The maximum atomic E-state index is 12.7. The van der Waals surface area contributed by atoms with Crippen molar-refractivity contribution in [3.05, 3.63) is 69.1 Å². The molecule has 5 heteroatoms. The average molecular weight is 352 g/mol.